The standard InChI is InChI=1S/C20H26N2O5/c1-3-10-26-20(25)22(2)21-12-16-15(17-8-9-18(16)27-17)11-13-4-6-14(7-5-13)19(23)24/h4-7,12,15-18H,3,8-11H2,1-2H3,(H,23,24)/t15-,16-,17-,18+/m1/s1. The molecule has 0 spiro atoms. The zero-order valence-electron chi connectivity index (χ0n) is 15.7. The van der Waals surface area contributed by atoms with Gasteiger partial charge < -0.3 is 14.6 Å². The zero-order valence-corrected chi connectivity index (χ0v) is 15.7. The molecule has 27 heavy (non-hydrogen) atoms. The highest BCUT2D eigenvalue weighted by Gasteiger charge is 2.48. The van der Waals surface area contributed by atoms with Gasteiger partial charge in [0.05, 0.1) is 24.4 Å². The van der Waals surface area contributed by atoms with Crippen molar-refractivity contribution in [1.29, 1.82) is 0 Å². The Hall–Kier alpha value is -2.41. The van der Waals surface area contributed by atoms with Crippen molar-refractivity contribution in [1.82, 2.24) is 5.01 Å². The molecule has 0 saturated carbocycles. The molecule has 0 aromatic heterocycles. The van der Waals surface area contributed by atoms with E-state index in [-0.39, 0.29) is 29.6 Å². The van der Waals surface area contributed by atoms with Crippen LogP contribution in [0.25, 0.3) is 0 Å². The first-order valence-corrected chi connectivity index (χ1v) is 9.42. The number of fused-ring (bicyclic) bond motifs is 2. The van der Waals surface area contributed by atoms with Gasteiger partial charge in [-0.05, 0) is 49.3 Å². The van der Waals surface area contributed by atoms with Crippen molar-refractivity contribution in [2.45, 2.75) is 44.8 Å². The summed E-state index contributed by atoms with van der Waals surface area (Å²) in [5.74, 6) is -0.527. The van der Waals surface area contributed by atoms with Gasteiger partial charge in [0.15, 0.2) is 0 Å². The van der Waals surface area contributed by atoms with E-state index in [4.69, 9.17) is 14.6 Å². The van der Waals surface area contributed by atoms with Crippen LogP contribution < -0.4 is 0 Å². The molecule has 2 aliphatic heterocycles. The molecule has 0 radical (unpaired) electrons. The largest absolute Gasteiger partial charge is 0.478 e. The van der Waals surface area contributed by atoms with Crippen LogP contribution in [0.3, 0.4) is 0 Å². The maximum Gasteiger partial charge on any atom is 0.430 e. The molecule has 3 rings (SSSR count). The lowest BCUT2D eigenvalue weighted by molar-refractivity contribution is 0.0696. The Morgan fingerprint density at radius 1 is 1.30 bits per heavy atom. The molecule has 1 aromatic carbocycles. The summed E-state index contributed by atoms with van der Waals surface area (Å²) in [6.45, 7) is 2.32. The van der Waals surface area contributed by atoms with Gasteiger partial charge in [0.25, 0.3) is 0 Å². The van der Waals surface area contributed by atoms with Gasteiger partial charge in [-0.1, -0.05) is 19.1 Å². The fourth-order valence-electron chi connectivity index (χ4n) is 3.85. The van der Waals surface area contributed by atoms with Crippen LogP contribution in [-0.4, -0.2) is 54.3 Å². The topological polar surface area (TPSA) is 88.4 Å². The Morgan fingerprint density at radius 3 is 2.67 bits per heavy atom. The van der Waals surface area contributed by atoms with Gasteiger partial charge >= 0.3 is 12.1 Å². The molecule has 0 unspecified atom stereocenters. The highest BCUT2D eigenvalue weighted by Crippen LogP contribution is 2.44. The van der Waals surface area contributed by atoms with Crippen molar-refractivity contribution < 1.29 is 24.2 Å². The Bertz CT molecular complexity index is 703. The molecule has 4 atom stereocenters. The number of hydrazone groups is 1. The Morgan fingerprint density at radius 2 is 2.00 bits per heavy atom. The van der Waals surface area contributed by atoms with Crippen LogP contribution >= 0.6 is 0 Å². The maximum absolute atomic E-state index is 11.8. The lowest BCUT2D eigenvalue weighted by atomic mass is 9.77. The number of carboxylic acid groups (broad SMARTS) is 1. The van der Waals surface area contributed by atoms with Gasteiger partial charge in [-0.2, -0.15) is 5.10 Å². The first-order valence-electron chi connectivity index (χ1n) is 9.42. The van der Waals surface area contributed by atoms with Crippen LogP contribution in [0.5, 0.6) is 0 Å². The fraction of sp³-hybridized carbons (Fsp3) is 0.550. The number of amides is 1. The summed E-state index contributed by atoms with van der Waals surface area (Å²) in [5.41, 5.74) is 1.36. The molecule has 146 valence electrons. The van der Waals surface area contributed by atoms with Crippen molar-refractivity contribution in [2.75, 3.05) is 13.7 Å². The van der Waals surface area contributed by atoms with E-state index in [1.54, 1.807) is 19.2 Å². The quantitative estimate of drug-likeness (QED) is 0.585. The second-order valence-corrected chi connectivity index (χ2v) is 7.14. The molecular weight excluding hydrogens is 348 g/mol. The van der Waals surface area contributed by atoms with E-state index < -0.39 is 12.1 Å². The third kappa shape index (κ3) is 4.47. The van der Waals surface area contributed by atoms with E-state index in [1.807, 2.05) is 25.3 Å². The summed E-state index contributed by atoms with van der Waals surface area (Å²) in [5, 5.41) is 14.5. The maximum atomic E-state index is 11.8. The van der Waals surface area contributed by atoms with Crippen LogP contribution in [0.15, 0.2) is 29.4 Å². The Labute approximate surface area is 158 Å². The number of carboxylic acids is 1. The molecule has 1 amide bonds. The molecular formula is C20H26N2O5. The highest BCUT2D eigenvalue weighted by atomic mass is 16.6. The first-order chi connectivity index (χ1) is 13.0. The third-order valence-corrected chi connectivity index (χ3v) is 5.26. The molecule has 7 heteroatoms. The number of carbonyl (C=O) groups excluding carboxylic acids is 1. The average Bonchev–Trinajstić information content (AvgIpc) is 3.26. The van der Waals surface area contributed by atoms with Gasteiger partial charge in [0, 0.05) is 19.2 Å². The molecule has 1 aromatic rings. The van der Waals surface area contributed by atoms with Crippen LogP contribution in [0, 0.1) is 11.8 Å². The van der Waals surface area contributed by atoms with E-state index in [0.717, 1.165) is 31.2 Å². The number of rotatable bonds is 7. The van der Waals surface area contributed by atoms with Gasteiger partial charge in [-0.25, -0.2) is 14.6 Å². The summed E-state index contributed by atoms with van der Waals surface area (Å²) in [4.78, 5) is 22.8. The van der Waals surface area contributed by atoms with Gasteiger partial charge in [-0.15, -0.1) is 0 Å². The molecule has 1 N–H and O–H groups in total. The number of benzene rings is 1. The van der Waals surface area contributed by atoms with Crippen molar-refractivity contribution in [3.8, 4) is 0 Å². The van der Waals surface area contributed by atoms with Crippen molar-refractivity contribution in [3.05, 3.63) is 35.4 Å². The molecule has 2 aliphatic rings. The monoisotopic (exact) mass is 374 g/mol. The van der Waals surface area contributed by atoms with Crippen molar-refractivity contribution in [2.24, 2.45) is 16.9 Å². The summed E-state index contributed by atoms with van der Waals surface area (Å²) in [6.07, 6.45) is 5.26. The Balaban J connectivity index is 1.66. The van der Waals surface area contributed by atoms with E-state index in [0.29, 0.717) is 6.61 Å². The van der Waals surface area contributed by atoms with Crippen LogP contribution in [0.1, 0.15) is 42.1 Å². The van der Waals surface area contributed by atoms with Crippen LogP contribution in [0.4, 0.5) is 4.79 Å². The second-order valence-electron chi connectivity index (χ2n) is 7.14. The predicted molar refractivity (Wildman–Crippen MR) is 99.9 cm³/mol. The number of nitrogens with zero attached hydrogens (tertiary/aromatic N) is 2. The number of carbonyl (C=O) groups is 2. The van der Waals surface area contributed by atoms with Gasteiger partial charge in [-0.3, -0.25) is 0 Å². The third-order valence-electron chi connectivity index (χ3n) is 5.26. The van der Waals surface area contributed by atoms with Gasteiger partial charge in [0.1, 0.15) is 0 Å². The highest BCUT2D eigenvalue weighted by molar-refractivity contribution is 5.87. The first kappa shape index (κ1) is 19.4. The molecule has 2 saturated heterocycles. The van der Waals surface area contributed by atoms with Crippen LogP contribution in [-0.2, 0) is 15.9 Å². The van der Waals surface area contributed by atoms with E-state index in [9.17, 15) is 9.59 Å². The van der Waals surface area contributed by atoms with Gasteiger partial charge in [0.2, 0.25) is 0 Å². The minimum atomic E-state index is -0.923. The number of hydrogen-bond donors (Lipinski definition) is 1. The zero-order chi connectivity index (χ0) is 19.4. The fourth-order valence-corrected chi connectivity index (χ4v) is 3.85. The SMILES string of the molecule is CCCOC(=O)N(C)N=C[C@@H]1[C@@H](Cc2ccc(C(=O)O)cc2)[C@H]2CC[C@@H]1O2. The molecule has 7 nitrogen and oxygen atoms in total. The summed E-state index contributed by atoms with van der Waals surface area (Å²) >= 11 is 0. The minimum absolute atomic E-state index is 0.127. The number of aromatic carboxylic acids is 1. The molecule has 0 aliphatic carbocycles. The normalized spacial score (nSPS) is 26.4. The lowest BCUT2D eigenvalue weighted by Gasteiger charge is -2.25. The second kappa shape index (κ2) is 8.52. The minimum Gasteiger partial charge on any atom is -0.478 e. The lowest BCUT2D eigenvalue weighted by Crippen LogP contribution is -2.31. The van der Waals surface area contributed by atoms with Crippen LogP contribution in [0.2, 0.25) is 0 Å². The molecule has 2 fully saturated rings. The Kier molecular flexibility index (Phi) is 6.11. The summed E-state index contributed by atoms with van der Waals surface area (Å²) in [6, 6.07) is 6.98. The number of ether oxygens (including phenoxy) is 2. The molecule has 2 bridgehead atoms. The number of hydrogen-bond acceptors (Lipinski definition) is 5. The smallest absolute Gasteiger partial charge is 0.430 e. The predicted octanol–water partition coefficient (Wildman–Crippen LogP) is 3.19. The van der Waals surface area contributed by atoms with E-state index in [2.05, 4.69) is 5.10 Å². The van der Waals surface area contributed by atoms with E-state index >= 15 is 0 Å². The van der Waals surface area contributed by atoms with Crippen molar-refractivity contribution in [3.63, 3.8) is 0 Å². The molecule has 2 heterocycles. The van der Waals surface area contributed by atoms with E-state index in [1.165, 1.54) is 5.01 Å². The average molecular weight is 374 g/mol. The summed E-state index contributed by atoms with van der Waals surface area (Å²) < 4.78 is 11.1. The summed E-state index contributed by atoms with van der Waals surface area (Å²) in [7, 11) is 1.59. The van der Waals surface area contributed by atoms with Crippen molar-refractivity contribution >= 4 is 18.3 Å².